The van der Waals surface area contributed by atoms with E-state index in [2.05, 4.69) is 40.2 Å². The van der Waals surface area contributed by atoms with Gasteiger partial charge in [0.25, 0.3) is 5.56 Å². The minimum absolute atomic E-state index is 0.0120. The molecule has 1 N–H and O–H groups in total. The van der Waals surface area contributed by atoms with E-state index in [4.69, 9.17) is 5.11 Å². The summed E-state index contributed by atoms with van der Waals surface area (Å²) in [6.07, 6.45) is 2.41. The maximum atomic E-state index is 11.6. The van der Waals surface area contributed by atoms with Gasteiger partial charge in [0.2, 0.25) is 0 Å². The highest BCUT2D eigenvalue weighted by molar-refractivity contribution is 9.08. The molecule has 0 fully saturated rings. The van der Waals surface area contributed by atoms with E-state index in [1.807, 2.05) is 0 Å². The van der Waals surface area contributed by atoms with Crippen LogP contribution < -0.4 is 5.56 Å². The molecule has 1 aromatic carbocycles. The van der Waals surface area contributed by atoms with Crippen LogP contribution in [0.3, 0.4) is 0 Å². The molecule has 1 aromatic heterocycles. The lowest BCUT2D eigenvalue weighted by atomic mass is 10.1. The van der Waals surface area contributed by atoms with E-state index in [0.29, 0.717) is 6.54 Å². The highest BCUT2D eigenvalue weighted by Gasteiger charge is 1.99. The molecule has 0 spiro atoms. The number of nitrogens with zero attached hydrogens (tertiary/aromatic N) is 1. The van der Waals surface area contributed by atoms with Crippen molar-refractivity contribution in [3.8, 4) is 5.75 Å². The molecule has 4 heteroatoms. The number of pyridine rings is 1. The molecule has 0 aliphatic rings. The van der Waals surface area contributed by atoms with Crippen molar-refractivity contribution in [1.29, 1.82) is 0 Å². The van der Waals surface area contributed by atoms with Gasteiger partial charge in [0.05, 0.1) is 0 Å². The summed E-state index contributed by atoms with van der Waals surface area (Å²) in [5.41, 5.74) is 2.26. The Morgan fingerprint density at radius 3 is 2.39 bits per heavy atom. The Morgan fingerprint density at radius 1 is 1.11 bits per heavy atom. The fourth-order valence-corrected chi connectivity index (χ4v) is 2.10. The van der Waals surface area contributed by atoms with Gasteiger partial charge in [-0.05, 0) is 23.6 Å². The number of aromatic nitrogens is 1. The topological polar surface area (TPSA) is 42.2 Å². The summed E-state index contributed by atoms with van der Waals surface area (Å²) < 4.78 is 1.60. The molecule has 94 valence electrons. The molecule has 0 aliphatic carbocycles. The van der Waals surface area contributed by atoms with E-state index in [1.165, 1.54) is 23.3 Å². The quantitative estimate of drug-likeness (QED) is 0.883. The number of hydrogen-bond acceptors (Lipinski definition) is 2. The van der Waals surface area contributed by atoms with Crippen LogP contribution in [0.15, 0.2) is 47.4 Å². The Morgan fingerprint density at radius 2 is 1.78 bits per heavy atom. The van der Waals surface area contributed by atoms with Gasteiger partial charge in [-0.1, -0.05) is 40.2 Å². The first-order valence-electron chi connectivity index (χ1n) is 5.72. The fraction of sp³-hybridized carbons (Fsp3) is 0.214. The van der Waals surface area contributed by atoms with E-state index >= 15 is 0 Å². The van der Waals surface area contributed by atoms with Crippen LogP contribution in [0.5, 0.6) is 5.75 Å². The molecule has 0 radical (unpaired) electrons. The first kappa shape index (κ1) is 12.9. The third-order valence-electron chi connectivity index (χ3n) is 2.80. The molecule has 0 amide bonds. The largest absolute Gasteiger partial charge is 0.508 e. The zero-order chi connectivity index (χ0) is 13.0. The molecule has 18 heavy (non-hydrogen) atoms. The molecule has 0 aliphatic heterocycles. The zero-order valence-electron chi connectivity index (χ0n) is 9.84. The average Bonchev–Trinajstić information content (AvgIpc) is 2.38. The third-order valence-corrected chi connectivity index (χ3v) is 3.45. The Labute approximate surface area is 114 Å². The first-order valence-corrected chi connectivity index (χ1v) is 6.84. The van der Waals surface area contributed by atoms with Gasteiger partial charge in [0, 0.05) is 24.1 Å². The summed E-state index contributed by atoms with van der Waals surface area (Å²) in [6, 6.07) is 11.0. The molecule has 2 rings (SSSR count). The molecule has 0 unspecified atom stereocenters. The number of hydrogen-bond donors (Lipinski definition) is 1. The molecule has 1 heterocycles. The molecular weight excluding hydrogens is 294 g/mol. The minimum atomic E-state index is -0.174. The molecule has 0 bridgehead atoms. The van der Waals surface area contributed by atoms with Gasteiger partial charge in [0.15, 0.2) is 0 Å². The number of aromatic hydroxyl groups is 1. The van der Waals surface area contributed by atoms with Gasteiger partial charge in [-0.15, -0.1) is 0 Å². The van der Waals surface area contributed by atoms with Gasteiger partial charge in [-0.2, -0.15) is 0 Å². The number of aryl methyl sites for hydroxylation is 2. The van der Waals surface area contributed by atoms with Crippen LogP contribution in [0.2, 0.25) is 0 Å². The smallest absolute Gasteiger partial charge is 0.254 e. The highest BCUT2D eigenvalue weighted by Crippen LogP contribution is 2.09. The van der Waals surface area contributed by atoms with Crippen LogP contribution in [-0.2, 0) is 18.3 Å². The van der Waals surface area contributed by atoms with Crippen LogP contribution in [0.25, 0.3) is 0 Å². The van der Waals surface area contributed by atoms with Gasteiger partial charge < -0.3 is 9.67 Å². The predicted octanol–water partition coefficient (Wildman–Crippen LogP) is 2.69. The van der Waals surface area contributed by atoms with Crippen molar-refractivity contribution in [2.75, 3.05) is 0 Å². The van der Waals surface area contributed by atoms with Gasteiger partial charge in [0.1, 0.15) is 5.75 Å². The number of alkyl halides is 1. The van der Waals surface area contributed by atoms with E-state index in [-0.39, 0.29) is 11.3 Å². The second-order valence-corrected chi connectivity index (χ2v) is 4.68. The van der Waals surface area contributed by atoms with Crippen molar-refractivity contribution in [1.82, 2.24) is 4.57 Å². The Hall–Kier alpha value is -1.55. The summed E-state index contributed by atoms with van der Waals surface area (Å²) in [6.45, 7) is 0.618. The van der Waals surface area contributed by atoms with Crippen LogP contribution >= 0.6 is 15.9 Å². The van der Waals surface area contributed by atoms with Crippen molar-refractivity contribution in [2.45, 2.75) is 18.3 Å². The van der Waals surface area contributed by atoms with Gasteiger partial charge in [-0.25, -0.2) is 0 Å². The lowest BCUT2D eigenvalue weighted by molar-refractivity contribution is 0.470. The lowest BCUT2D eigenvalue weighted by Gasteiger charge is -2.06. The third kappa shape index (κ3) is 3.23. The highest BCUT2D eigenvalue weighted by atomic mass is 79.9. The van der Waals surface area contributed by atoms with Crippen LogP contribution in [-0.4, -0.2) is 9.67 Å². The maximum Gasteiger partial charge on any atom is 0.254 e. The molecular formula is C14H14BrNO2. The monoisotopic (exact) mass is 307 g/mol. The molecule has 0 saturated carbocycles. The van der Waals surface area contributed by atoms with Gasteiger partial charge >= 0.3 is 0 Å². The molecule has 0 atom stereocenters. The summed E-state index contributed by atoms with van der Waals surface area (Å²) in [5.74, 6) is 0.0120. The van der Waals surface area contributed by atoms with Crippen molar-refractivity contribution >= 4 is 15.9 Å². The zero-order valence-corrected chi connectivity index (χ0v) is 11.4. The average molecular weight is 308 g/mol. The summed E-state index contributed by atoms with van der Waals surface area (Å²) in [5, 5.41) is 10.0. The molecule has 2 aromatic rings. The Balaban J connectivity index is 2.04. The first-order chi connectivity index (χ1) is 8.69. The Kier molecular flexibility index (Phi) is 4.20. The van der Waals surface area contributed by atoms with Crippen molar-refractivity contribution in [3.05, 3.63) is 64.1 Å². The second-order valence-electron chi connectivity index (χ2n) is 4.12. The van der Waals surface area contributed by atoms with Crippen molar-refractivity contribution in [3.63, 3.8) is 0 Å². The van der Waals surface area contributed by atoms with Crippen molar-refractivity contribution < 1.29 is 5.11 Å². The normalized spacial score (nSPS) is 10.5. The van der Waals surface area contributed by atoms with Crippen molar-refractivity contribution in [2.24, 2.45) is 0 Å². The van der Waals surface area contributed by atoms with E-state index in [1.54, 1.807) is 10.8 Å². The summed E-state index contributed by atoms with van der Waals surface area (Å²) in [4.78, 5) is 11.6. The minimum Gasteiger partial charge on any atom is -0.508 e. The summed E-state index contributed by atoms with van der Waals surface area (Å²) >= 11 is 3.40. The SMILES string of the molecule is O=c1cc(O)ccn1CCc1ccc(CBr)cc1. The number of rotatable bonds is 4. The van der Waals surface area contributed by atoms with E-state index in [9.17, 15) is 4.79 Å². The van der Waals surface area contributed by atoms with Gasteiger partial charge in [-0.3, -0.25) is 4.79 Å². The number of halogens is 1. The van der Waals surface area contributed by atoms with E-state index in [0.717, 1.165) is 11.8 Å². The van der Waals surface area contributed by atoms with E-state index < -0.39 is 0 Å². The second kappa shape index (κ2) is 5.87. The summed E-state index contributed by atoms with van der Waals surface area (Å²) in [7, 11) is 0. The van der Waals surface area contributed by atoms with Crippen LogP contribution in [0.4, 0.5) is 0 Å². The maximum absolute atomic E-state index is 11.6. The van der Waals surface area contributed by atoms with Crippen LogP contribution in [0, 0.1) is 0 Å². The standard InChI is InChI=1S/C14H14BrNO2/c15-10-12-3-1-11(2-4-12)5-7-16-8-6-13(17)9-14(16)18/h1-4,6,8-9,17H,5,7,10H2. The lowest BCUT2D eigenvalue weighted by Crippen LogP contribution is -2.18. The predicted molar refractivity (Wildman–Crippen MR) is 75.1 cm³/mol. The fourth-order valence-electron chi connectivity index (χ4n) is 1.73. The molecule has 3 nitrogen and oxygen atoms in total. The number of benzene rings is 1. The van der Waals surface area contributed by atoms with Crippen LogP contribution in [0.1, 0.15) is 11.1 Å². The molecule has 0 saturated heterocycles. The Bertz CT molecular complexity index is 575.